The molecule has 1 aromatic carbocycles. The van der Waals surface area contributed by atoms with Crippen LogP contribution in [0.4, 0.5) is 4.79 Å². The molecule has 6 heteroatoms. The van der Waals surface area contributed by atoms with E-state index in [1.807, 2.05) is 12.1 Å². The van der Waals surface area contributed by atoms with Crippen molar-refractivity contribution in [1.29, 1.82) is 5.26 Å². The van der Waals surface area contributed by atoms with Crippen LogP contribution in [0.3, 0.4) is 0 Å². The van der Waals surface area contributed by atoms with Gasteiger partial charge in [0.1, 0.15) is 18.2 Å². The molecule has 0 aliphatic rings. The number of nitrogens with one attached hydrogen (secondary N) is 1. The highest BCUT2D eigenvalue weighted by Crippen LogP contribution is 2.09. The minimum atomic E-state index is -2.08. The number of esters is 1. The number of ether oxygens (including phenoxy) is 2. The fourth-order valence-corrected chi connectivity index (χ4v) is 1.63. The maximum absolute atomic E-state index is 12.3. The topological polar surface area (TPSA) is 88.4 Å². The Labute approximate surface area is 137 Å². The molecule has 0 aliphatic carbocycles. The van der Waals surface area contributed by atoms with E-state index < -0.39 is 23.7 Å². The van der Waals surface area contributed by atoms with Crippen LogP contribution < -0.4 is 5.32 Å². The number of amides is 1. The molecule has 0 fully saturated rings. The van der Waals surface area contributed by atoms with E-state index in [1.54, 1.807) is 45.0 Å². The molecule has 0 saturated heterocycles. The van der Waals surface area contributed by atoms with Gasteiger partial charge in [-0.3, -0.25) is 0 Å². The number of nitriles is 1. The standard InChI is InChI=1S/C17H22N2O4/c1-17(2,3)23-16(21)19-14(10-7-11-18)15(20)22-12-13-8-5-4-6-9-13/h4-6,8-9,14H,7,10,12H2,1-3H3,(H,19,21)/i14D. The van der Waals surface area contributed by atoms with Crippen LogP contribution >= 0.6 is 0 Å². The van der Waals surface area contributed by atoms with E-state index in [9.17, 15) is 9.59 Å². The molecule has 0 radical (unpaired) electrons. The summed E-state index contributed by atoms with van der Waals surface area (Å²) in [5.74, 6) is -0.938. The van der Waals surface area contributed by atoms with Gasteiger partial charge in [0.05, 0.1) is 7.44 Å². The molecule has 1 unspecified atom stereocenters. The van der Waals surface area contributed by atoms with Crippen LogP contribution in [0.1, 0.15) is 40.5 Å². The zero-order valence-corrected chi connectivity index (χ0v) is 13.6. The third-order valence-electron chi connectivity index (χ3n) is 2.60. The summed E-state index contributed by atoms with van der Waals surface area (Å²) >= 11 is 0. The number of alkyl carbamates (subject to hydrolysis) is 1. The Morgan fingerprint density at radius 3 is 2.57 bits per heavy atom. The first-order chi connectivity index (χ1) is 11.2. The van der Waals surface area contributed by atoms with Crippen molar-refractivity contribution in [3.8, 4) is 6.07 Å². The molecule has 6 nitrogen and oxygen atoms in total. The SMILES string of the molecule is [2H]C(CCC#N)(NC(=O)OC(C)(C)C)C(=O)OCc1ccccc1. The van der Waals surface area contributed by atoms with Crippen LogP contribution in [0.15, 0.2) is 30.3 Å². The summed E-state index contributed by atoms with van der Waals surface area (Å²) in [6.45, 7) is 4.98. The molecule has 1 N–H and O–H groups in total. The van der Waals surface area contributed by atoms with Gasteiger partial charge >= 0.3 is 12.1 Å². The lowest BCUT2D eigenvalue weighted by molar-refractivity contribution is -0.147. The first-order valence-electron chi connectivity index (χ1n) is 7.75. The first kappa shape index (κ1) is 16.8. The summed E-state index contributed by atoms with van der Waals surface area (Å²) < 4.78 is 18.4. The van der Waals surface area contributed by atoms with E-state index in [1.165, 1.54) is 0 Å². The largest absolute Gasteiger partial charge is 0.459 e. The van der Waals surface area contributed by atoms with Crippen molar-refractivity contribution in [2.45, 2.75) is 51.8 Å². The maximum Gasteiger partial charge on any atom is 0.408 e. The van der Waals surface area contributed by atoms with Crippen LogP contribution in [0.25, 0.3) is 0 Å². The molecule has 0 spiro atoms. The van der Waals surface area contributed by atoms with Crippen LogP contribution in [-0.2, 0) is 20.9 Å². The van der Waals surface area contributed by atoms with Gasteiger partial charge in [-0.25, -0.2) is 9.59 Å². The van der Waals surface area contributed by atoms with Gasteiger partial charge in [0, 0.05) is 6.42 Å². The number of hydrogen-bond acceptors (Lipinski definition) is 5. The predicted octanol–water partition coefficient (Wildman–Crippen LogP) is 2.93. The van der Waals surface area contributed by atoms with Gasteiger partial charge in [-0.2, -0.15) is 5.26 Å². The van der Waals surface area contributed by atoms with Crippen LogP contribution in [-0.4, -0.2) is 23.7 Å². The fraction of sp³-hybridized carbons (Fsp3) is 0.471. The van der Waals surface area contributed by atoms with Crippen molar-refractivity contribution >= 4 is 12.1 Å². The average Bonchev–Trinajstić information content (AvgIpc) is 2.49. The Morgan fingerprint density at radius 2 is 2.00 bits per heavy atom. The number of rotatable bonds is 6. The van der Waals surface area contributed by atoms with Crippen LogP contribution in [0.5, 0.6) is 0 Å². The van der Waals surface area contributed by atoms with E-state index in [0.717, 1.165) is 5.56 Å². The van der Waals surface area contributed by atoms with Crippen molar-refractivity contribution in [3.05, 3.63) is 35.9 Å². The number of carbonyl (C=O) groups excluding carboxylic acids is 2. The summed E-state index contributed by atoms with van der Waals surface area (Å²) in [5, 5.41) is 10.9. The number of hydrogen-bond donors (Lipinski definition) is 1. The lowest BCUT2D eigenvalue weighted by Crippen LogP contribution is -2.44. The molecule has 0 heterocycles. The molecular formula is C17H22N2O4. The van der Waals surface area contributed by atoms with Gasteiger partial charge in [0.15, 0.2) is 0 Å². The fourth-order valence-electron chi connectivity index (χ4n) is 1.63. The smallest absolute Gasteiger partial charge is 0.408 e. The van der Waals surface area contributed by atoms with Gasteiger partial charge < -0.3 is 14.8 Å². The lowest BCUT2D eigenvalue weighted by Gasteiger charge is -2.22. The first-order valence-corrected chi connectivity index (χ1v) is 7.25. The molecule has 124 valence electrons. The molecule has 23 heavy (non-hydrogen) atoms. The summed E-state index contributed by atoms with van der Waals surface area (Å²) in [6.07, 6.45) is -1.19. The highest BCUT2D eigenvalue weighted by molar-refractivity contribution is 5.81. The van der Waals surface area contributed by atoms with Crippen molar-refractivity contribution in [2.75, 3.05) is 0 Å². The van der Waals surface area contributed by atoms with Gasteiger partial charge in [-0.1, -0.05) is 30.3 Å². The molecule has 1 amide bonds. The number of carbonyl (C=O) groups is 2. The molecule has 1 rings (SSSR count). The second-order valence-electron chi connectivity index (χ2n) is 5.83. The van der Waals surface area contributed by atoms with Gasteiger partial charge in [0.2, 0.25) is 0 Å². The third-order valence-corrected chi connectivity index (χ3v) is 2.60. The second-order valence-corrected chi connectivity index (χ2v) is 5.83. The number of benzene rings is 1. The molecule has 1 atom stereocenters. The molecule has 0 aliphatic heterocycles. The summed E-state index contributed by atoms with van der Waals surface area (Å²) in [6, 6.07) is 8.75. The van der Waals surface area contributed by atoms with Gasteiger partial charge in [0.25, 0.3) is 0 Å². The Hall–Kier alpha value is -2.55. The Bertz CT molecular complexity index is 607. The zero-order chi connectivity index (χ0) is 18.2. The monoisotopic (exact) mass is 319 g/mol. The summed E-state index contributed by atoms with van der Waals surface area (Å²) in [4.78, 5) is 24.1. The van der Waals surface area contributed by atoms with E-state index in [4.69, 9.17) is 16.1 Å². The summed E-state index contributed by atoms with van der Waals surface area (Å²) in [7, 11) is 0. The van der Waals surface area contributed by atoms with Crippen molar-refractivity contribution in [2.24, 2.45) is 0 Å². The van der Waals surface area contributed by atoms with Crippen molar-refractivity contribution < 1.29 is 20.4 Å². The van der Waals surface area contributed by atoms with E-state index in [2.05, 4.69) is 5.32 Å². The van der Waals surface area contributed by atoms with E-state index >= 15 is 0 Å². The minimum absolute atomic E-state index is 0.0249. The predicted molar refractivity (Wildman–Crippen MR) is 84.2 cm³/mol. The van der Waals surface area contributed by atoms with Crippen molar-refractivity contribution in [1.82, 2.24) is 5.32 Å². The minimum Gasteiger partial charge on any atom is -0.459 e. The van der Waals surface area contributed by atoms with E-state index in [0.29, 0.717) is 0 Å². The van der Waals surface area contributed by atoms with Crippen LogP contribution in [0.2, 0.25) is 0 Å². The maximum atomic E-state index is 12.3. The normalized spacial score (nSPS) is 13.9. The highest BCUT2D eigenvalue weighted by atomic mass is 16.6. The molecule has 1 aromatic rings. The Balaban J connectivity index is 2.76. The quantitative estimate of drug-likeness (QED) is 0.814. The zero-order valence-electron chi connectivity index (χ0n) is 14.6. The van der Waals surface area contributed by atoms with Gasteiger partial charge in [-0.15, -0.1) is 0 Å². The third kappa shape index (κ3) is 7.86. The van der Waals surface area contributed by atoms with E-state index in [-0.39, 0.29) is 19.4 Å². The number of nitrogens with zero attached hydrogens (tertiary/aromatic N) is 1. The highest BCUT2D eigenvalue weighted by Gasteiger charge is 2.25. The van der Waals surface area contributed by atoms with Crippen molar-refractivity contribution in [3.63, 3.8) is 0 Å². The molecule has 0 bridgehead atoms. The molecule has 0 aromatic heterocycles. The lowest BCUT2D eigenvalue weighted by atomic mass is 10.1. The Kier molecular flexibility index (Phi) is 6.42. The molecular weight excluding hydrogens is 296 g/mol. The average molecular weight is 319 g/mol. The molecule has 0 saturated carbocycles. The van der Waals surface area contributed by atoms with Crippen LogP contribution in [0, 0.1) is 11.3 Å². The van der Waals surface area contributed by atoms with Gasteiger partial charge in [-0.05, 0) is 32.8 Å². The summed E-state index contributed by atoms with van der Waals surface area (Å²) in [5.41, 5.74) is -0.0144. The Morgan fingerprint density at radius 1 is 1.35 bits per heavy atom. The second kappa shape index (κ2) is 8.79.